The van der Waals surface area contributed by atoms with E-state index in [2.05, 4.69) is 30.8 Å². The highest BCUT2D eigenvalue weighted by atomic mass is 16.2. The Labute approximate surface area is 124 Å². The molecule has 1 aromatic carbocycles. The quantitative estimate of drug-likeness (QED) is 0.787. The molecule has 1 aromatic heterocycles. The number of benzene rings is 1. The molecule has 0 radical (unpaired) electrons. The van der Waals surface area contributed by atoms with Crippen LogP contribution in [0.3, 0.4) is 0 Å². The first kappa shape index (κ1) is 13.9. The number of anilines is 1. The molecule has 21 heavy (non-hydrogen) atoms. The minimum atomic E-state index is 0.0531. The summed E-state index contributed by atoms with van der Waals surface area (Å²) in [5.41, 5.74) is 8.08. The standard InChI is InChI=1S/C16H22N4O/c1-10-8-20(9-11(2)19(10)3)16(21)14-7-12-5-4-6-13(17)15(12)18-14/h4-7,10-11,18H,8-9,17H2,1-3H3. The van der Waals surface area contributed by atoms with Crippen molar-refractivity contribution in [2.24, 2.45) is 0 Å². The highest BCUT2D eigenvalue weighted by molar-refractivity contribution is 6.00. The second kappa shape index (κ2) is 5.07. The number of piperazine rings is 1. The molecular weight excluding hydrogens is 264 g/mol. The van der Waals surface area contributed by atoms with E-state index in [1.807, 2.05) is 29.2 Å². The molecule has 2 heterocycles. The number of carbonyl (C=O) groups is 1. The molecule has 5 nitrogen and oxygen atoms in total. The van der Waals surface area contributed by atoms with Crippen LogP contribution in [0.25, 0.3) is 10.9 Å². The molecule has 1 aliphatic rings. The summed E-state index contributed by atoms with van der Waals surface area (Å²) in [5.74, 6) is 0.0531. The maximum atomic E-state index is 12.7. The molecular formula is C16H22N4O. The number of hydrogen-bond donors (Lipinski definition) is 2. The van der Waals surface area contributed by atoms with Gasteiger partial charge in [0.05, 0.1) is 11.2 Å². The minimum absolute atomic E-state index is 0.0531. The van der Waals surface area contributed by atoms with Crippen LogP contribution in [0.5, 0.6) is 0 Å². The summed E-state index contributed by atoms with van der Waals surface area (Å²) in [6.45, 7) is 5.81. The number of amides is 1. The summed E-state index contributed by atoms with van der Waals surface area (Å²) in [5, 5.41) is 0.980. The number of aromatic nitrogens is 1. The summed E-state index contributed by atoms with van der Waals surface area (Å²) >= 11 is 0. The number of likely N-dealkylation sites (N-methyl/N-ethyl adjacent to an activating group) is 1. The third kappa shape index (κ3) is 2.38. The Morgan fingerprint density at radius 3 is 2.57 bits per heavy atom. The van der Waals surface area contributed by atoms with Crippen molar-refractivity contribution in [3.63, 3.8) is 0 Å². The zero-order valence-electron chi connectivity index (χ0n) is 12.8. The van der Waals surface area contributed by atoms with Gasteiger partial charge in [-0.3, -0.25) is 9.69 Å². The number of fused-ring (bicyclic) bond motifs is 1. The number of nitrogens with zero attached hydrogens (tertiary/aromatic N) is 2. The first-order chi connectivity index (χ1) is 9.97. The lowest BCUT2D eigenvalue weighted by molar-refractivity contribution is 0.0410. The molecule has 1 saturated heterocycles. The van der Waals surface area contributed by atoms with E-state index in [1.165, 1.54) is 0 Å². The van der Waals surface area contributed by atoms with Gasteiger partial charge in [0.1, 0.15) is 5.69 Å². The van der Waals surface area contributed by atoms with Crippen LogP contribution in [0.1, 0.15) is 24.3 Å². The Morgan fingerprint density at radius 1 is 1.29 bits per heavy atom. The molecule has 1 aliphatic heterocycles. The van der Waals surface area contributed by atoms with Crippen molar-refractivity contribution in [3.05, 3.63) is 30.0 Å². The topological polar surface area (TPSA) is 65.4 Å². The van der Waals surface area contributed by atoms with Gasteiger partial charge in [0.25, 0.3) is 5.91 Å². The normalized spacial score (nSPS) is 23.7. The molecule has 2 atom stereocenters. The maximum absolute atomic E-state index is 12.7. The number of nitrogens with one attached hydrogen (secondary N) is 1. The van der Waals surface area contributed by atoms with Gasteiger partial charge >= 0.3 is 0 Å². The lowest BCUT2D eigenvalue weighted by Gasteiger charge is -2.42. The van der Waals surface area contributed by atoms with Gasteiger partial charge in [-0.1, -0.05) is 12.1 Å². The zero-order valence-corrected chi connectivity index (χ0v) is 12.8. The molecule has 2 unspecified atom stereocenters. The SMILES string of the molecule is CC1CN(C(=O)c2cc3cccc(N)c3[nH]2)CC(C)N1C. The van der Waals surface area contributed by atoms with Crippen LogP contribution >= 0.6 is 0 Å². The first-order valence-corrected chi connectivity index (χ1v) is 7.36. The Balaban J connectivity index is 1.88. The molecule has 2 aromatic rings. The van der Waals surface area contributed by atoms with Gasteiger partial charge in [0, 0.05) is 30.6 Å². The van der Waals surface area contributed by atoms with Crippen LogP contribution in [-0.4, -0.2) is 52.9 Å². The van der Waals surface area contributed by atoms with Gasteiger partial charge in [-0.15, -0.1) is 0 Å². The number of H-pyrrole nitrogens is 1. The molecule has 0 aliphatic carbocycles. The fraction of sp³-hybridized carbons (Fsp3) is 0.438. The van der Waals surface area contributed by atoms with Crippen molar-refractivity contribution in [1.29, 1.82) is 0 Å². The molecule has 112 valence electrons. The van der Waals surface area contributed by atoms with Crippen LogP contribution in [-0.2, 0) is 0 Å². The maximum Gasteiger partial charge on any atom is 0.270 e. The molecule has 1 fully saturated rings. The van der Waals surface area contributed by atoms with Crippen molar-refractivity contribution in [1.82, 2.24) is 14.8 Å². The van der Waals surface area contributed by atoms with Gasteiger partial charge < -0.3 is 15.6 Å². The molecule has 3 N–H and O–H groups in total. The molecule has 1 amide bonds. The van der Waals surface area contributed by atoms with Gasteiger partial charge in [0.2, 0.25) is 0 Å². The molecule has 3 rings (SSSR count). The number of nitrogens with two attached hydrogens (primary N) is 1. The Kier molecular flexibility index (Phi) is 3.37. The average Bonchev–Trinajstić information content (AvgIpc) is 2.89. The number of aromatic amines is 1. The van der Waals surface area contributed by atoms with E-state index in [-0.39, 0.29) is 5.91 Å². The van der Waals surface area contributed by atoms with E-state index in [4.69, 9.17) is 5.73 Å². The second-order valence-electron chi connectivity index (χ2n) is 6.07. The van der Waals surface area contributed by atoms with Crippen molar-refractivity contribution in [3.8, 4) is 0 Å². The van der Waals surface area contributed by atoms with Gasteiger partial charge in [-0.2, -0.15) is 0 Å². The largest absolute Gasteiger partial charge is 0.397 e. The summed E-state index contributed by atoms with van der Waals surface area (Å²) in [6, 6.07) is 8.34. The number of para-hydroxylation sites is 1. The Bertz CT molecular complexity index is 666. The highest BCUT2D eigenvalue weighted by Gasteiger charge is 2.30. The van der Waals surface area contributed by atoms with E-state index in [1.54, 1.807) is 0 Å². The monoisotopic (exact) mass is 286 g/mol. The molecule has 0 spiro atoms. The fourth-order valence-electron chi connectivity index (χ4n) is 3.04. The number of nitrogen functional groups attached to an aromatic ring is 1. The average molecular weight is 286 g/mol. The van der Waals surface area contributed by atoms with Crippen molar-refractivity contribution < 1.29 is 4.79 Å². The molecule has 0 saturated carbocycles. The van der Waals surface area contributed by atoms with Crippen LogP contribution in [0, 0.1) is 0 Å². The smallest absolute Gasteiger partial charge is 0.270 e. The number of carbonyl (C=O) groups excluding carboxylic acids is 1. The van der Waals surface area contributed by atoms with Gasteiger partial charge in [-0.25, -0.2) is 0 Å². The fourth-order valence-corrected chi connectivity index (χ4v) is 3.04. The van der Waals surface area contributed by atoms with Crippen molar-refractivity contribution in [2.75, 3.05) is 25.9 Å². The summed E-state index contributed by atoms with van der Waals surface area (Å²) in [6.07, 6.45) is 0. The summed E-state index contributed by atoms with van der Waals surface area (Å²) in [7, 11) is 2.11. The number of rotatable bonds is 1. The van der Waals surface area contributed by atoms with E-state index in [0.717, 1.165) is 24.0 Å². The predicted molar refractivity (Wildman–Crippen MR) is 85.3 cm³/mol. The highest BCUT2D eigenvalue weighted by Crippen LogP contribution is 2.23. The third-order valence-corrected chi connectivity index (χ3v) is 4.57. The minimum Gasteiger partial charge on any atom is -0.397 e. The number of hydrogen-bond acceptors (Lipinski definition) is 3. The van der Waals surface area contributed by atoms with Crippen LogP contribution in [0.2, 0.25) is 0 Å². The van der Waals surface area contributed by atoms with Crippen LogP contribution in [0.4, 0.5) is 5.69 Å². The van der Waals surface area contributed by atoms with Crippen molar-refractivity contribution in [2.45, 2.75) is 25.9 Å². The van der Waals surface area contributed by atoms with E-state index >= 15 is 0 Å². The van der Waals surface area contributed by atoms with Crippen molar-refractivity contribution >= 4 is 22.5 Å². The summed E-state index contributed by atoms with van der Waals surface area (Å²) in [4.78, 5) is 20.1. The van der Waals surface area contributed by atoms with E-state index in [0.29, 0.717) is 23.5 Å². The van der Waals surface area contributed by atoms with Crippen LogP contribution in [0.15, 0.2) is 24.3 Å². The van der Waals surface area contributed by atoms with Gasteiger partial charge in [0.15, 0.2) is 0 Å². The summed E-state index contributed by atoms with van der Waals surface area (Å²) < 4.78 is 0. The third-order valence-electron chi connectivity index (χ3n) is 4.57. The Morgan fingerprint density at radius 2 is 1.95 bits per heavy atom. The van der Waals surface area contributed by atoms with E-state index < -0.39 is 0 Å². The van der Waals surface area contributed by atoms with E-state index in [9.17, 15) is 4.79 Å². The second-order valence-corrected chi connectivity index (χ2v) is 6.07. The van der Waals surface area contributed by atoms with Gasteiger partial charge in [-0.05, 0) is 33.0 Å². The lowest BCUT2D eigenvalue weighted by Crippen LogP contribution is -2.56. The molecule has 0 bridgehead atoms. The first-order valence-electron chi connectivity index (χ1n) is 7.36. The molecule has 5 heteroatoms. The Hall–Kier alpha value is -2.01. The zero-order chi connectivity index (χ0) is 15.1. The predicted octanol–water partition coefficient (Wildman–Crippen LogP) is 1.91. The van der Waals surface area contributed by atoms with Crippen LogP contribution < -0.4 is 5.73 Å². The lowest BCUT2D eigenvalue weighted by atomic mass is 10.1.